The van der Waals surface area contributed by atoms with Gasteiger partial charge in [0.25, 0.3) is 0 Å². The number of halogens is 2. The monoisotopic (exact) mass is 921 g/mol. The van der Waals surface area contributed by atoms with E-state index < -0.39 is 0 Å². The van der Waals surface area contributed by atoms with Gasteiger partial charge in [-0.15, -0.1) is 35.9 Å². The topological polar surface area (TPSA) is 25.8 Å². The van der Waals surface area contributed by atoms with Crippen molar-refractivity contribution in [3.05, 3.63) is 131 Å². The Bertz CT molecular complexity index is 2030. The molecule has 2 aromatic heterocycles. The van der Waals surface area contributed by atoms with Gasteiger partial charge in [0.2, 0.25) is 0 Å². The molecule has 0 atom stereocenters. The zero-order chi connectivity index (χ0) is 34.9. The zero-order valence-electron chi connectivity index (χ0n) is 28.9. The van der Waals surface area contributed by atoms with Crippen LogP contribution in [-0.4, -0.2) is 9.97 Å². The zero-order valence-corrected chi connectivity index (χ0v) is 33.5. The van der Waals surface area contributed by atoms with Gasteiger partial charge in [0.15, 0.2) is 0 Å². The van der Waals surface area contributed by atoms with Crippen molar-refractivity contribution in [2.45, 2.75) is 83.5 Å². The van der Waals surface area contributed by atoms with Crippen LogP contribution in [0.4, 0.5) is 0 Å². The van der Waals surface area contributed by atoms with Crippen LogP contribution >= 0.6 is 25.3 Å². The predicted molar refractivity (Wildman–Crippen MR) is 212 cm³/mol. The second kappa shape index (κ2) is 17.4. The van der Waals surface area contributed by atoms with E-state index in [1.54, 1.807) is 18.8 Å². The molecular weight excluding hydrogens is 879 g/mol. The van der Waals surface area contributed by atoms with Gasteiger partial charge in [-0.25, -0.2) is 0 Å². The van der Waals surface area contributed by atoms with Crippen molar-refractivity contribution in [3.8, 4) is 44.9 Å². The molecule has 2 heterocycles. The third kappa shape index (κ3) is 7.86. The van der Waals surface area contributed by atoms with Crippen molar-refractivity contribution in [2.75, 3.05) is 0 Å². The molecule has 5 heteroatoms. The minimum atomic E-state index is 0.0116. The molecule has 7 rings (SSSR count). The molecule has 4 aromatic carbocycles. The number of fused-ring (bicyclic) bond motifs is 4. The molecule has 0 spiro atoms. The van der Waals surface area contributed by atoms with Crippen LogP contribution in [-0.2, 0) is 24.2 Å². The Morgan fingerprint density at radius 1 is 0.640 bits per heavy atom. The van der Waals surface area contributed by atoms with E-state index in [9.17, 15) is 0 Å². The Morgan fingerprint density at radius 3 is 2.00 bits per heavy atom. The molecule has 0 aliphatic heterocycles. The van der Waals surface area contributed by atoms with Crippen LogP contribution in [0.25, 0.3) is 55.7 Å². The van der Waals surface area contributed by atoms with Crippen molar-refractivity contribution >= 4 is 36.1 Å². The number of hydrogen-bond acceptors (Lipinski definition) is 2. The molecule has 2 nitrogen and oxygen atoms in total. The number of hydrogen-bond donors (Lipinski definition) is 0. The van der Waals surface area contributed by atoms with Crippen LogP contribution in [0, 0.1) is 6.07 Å². The van der Waals surface area contributed by atoms with E-state index in [1.807, 2.05) is 18.3 Å². The summed E-state index contributed by atoms with van der Waals surface area (Å²) in [6.07, 6.45) is 14.5. The Morgan fingerprint density at radius 2 is 1.30 bits per heavy atom. The van der Waals surface area contributed by atoms with Gasteiger partial charge >= 0.3 is 28.2 Å². The number of rotatable bonds is 13. The molecule has 0 amide bonds. The Balaban J connectivity index is 0.00000212. The number of benzene rings is 4. The third-order valence-corrected chi connectivity index (χ3v) is 10.8. The third-order valence-electron chi connectivity index (χ3n) is 10.3. The van der Waals surface area contributed by atoms with E-state index in [1.165, 1.54) is 102 Å². The van der Waals surface area contributed by atoms with Gasteiger partial charge in [-0.3, -0.25) is 9.97 Å². The average Bonchev–Trinajstić information content (AvgIpc) is 3.43. The predicted octanol–water partition coefficient (Wildman–Crippen LogP) is 14.1. The van der Waals surface area contributed by atoms with Gasteiger partial charge in [0.05, 0.1) is 11.4 Å². The molecular formula is C45H44BrClN2Pt. The normalized spacial score (nSPS) is 12.7. The van der Waals surface area contributed by atoms with E-state index in [0.29, 0.717) is 0 Å². The molecule has 0 saturated carbocycles. The first kappa shape index (κ1) is 36.7. The van der Waals surface area contributed by atoms with Gasteiger partial charge in [-0.05, 0) is 87.6 Å². The molecule has 0 saturated heterocycles. The number of aromatic nitrogens is 2. The van der Waals surface area contributed by atoms with Crippen LogP contribution in [0.3, 0.4) is 0 Å². The summed E-state index contributed by atoms with van der Waals surface area (Å²) in [6, 6.07) is 40.8. The first-order chi connectivity index (χ1) is 24.6. The first-order valence-electron chi connectivity index (χ1n) is 18.0. The van der Waals surface area contributed by atoms with Gasteiger partial charge in [0, 0.05) is 21.5 Å². The summed E-state index contributed by atoms with van der Waals surface area (Å²) >= 11 is 5.47. The van der Waals surface area contributed by atoms with Crippen molar-refractivity contribution in [1.29, 1.82) is 0 Å². The molecule has 0 bridgehead atoms. The summed E-state index contributed by atoms with van der Waals surface area (Å²) in [5.74, 6) is 0. The van der Waals surface area contributed by atoms with Crippen molar-refractivity contribution < 1.29 is 18.8 Å². The average molecular weight is 923 g/mol. The summed E-state index contributed by atoms with van der Waals surface area (Å²) in [5, 5.41) is 2.30. The van der Waals surface area contributed by atoms with Crippen LogP contribution in [0.2, 0.25) is 0 Å². The van der Waals surface area contributed by atoms with E-state index >= 15 is 0 Å². The van der Waals surface area contributed by atoms with Crippen molar-refractivity contribution in [2.24, 2.45) is 0 Å². The summed E-state index contributed by atoms with van der Waals surface area (Å²) in [6.45, 7) is 4.61. The van der Waals surface area contributed by atoms with Crippen molar-refractivity contribution in [3.63, 3.8) is 0 Å². The molecule has 6 aromatic rings. The summed E-state index contributed by atoms with van der Waals surface area (Å²) < 4.78 is 1.17. The second-order valence-corrected chi connectivity index (χ2v) is 14.4. The molecule has 1 aliphatic carbocycles. The van der Waals surface area contributed by atoms with Gasteiger partial charge in [0.1, 0.15) is 0 Å². The maximum atomic E-state index is 5.17. The molecule has 50 heavy (non-hydrogen) atoms. The van der Waals surface area contributed by atoms with Crippen LogP contribution in [0.5, 0.6) is 0 Å². The molecule has 0 unspecified atom stereocenters. The minimum absolute atomic E-state index is 0.0116. The van der Waals surface area contributed by atoms with Gasteiger partial charge in [-0.2, -0.15) is 0 Å². The SMILES string of the molecule is CCCCCCC1(CCCCCC)c2cc(Br)ccc2-c2ccc(-c3cc(-c4[c-]cccc4)nc(-c4cc5ccccc5cn4)c3)cc21.[Cl][Pt+]. The number of nitrogens with zero attached hydrogens (tertiary/aromatic N) is 2. The fraction of sp³-hybridized carbons (Fsp3) is 0.289. The molecule has 0 fully saturated rings. The van der Waals surface area contributed by atoms with Crippen LogP contribution in [0.1, 0.15) is 89.2 Å². The second-order valence-electron chi connectivity index (χ2n) is 13.5. The van der Waals surface area contributed by atoms with Gasteiger partial charge < -0.3 is 0 Å². The summed E-state index contributed by atoms with van der Waals surface area (Å²) in [4.78, 5) is 10.0. The fourth-order valence-electron chi connectivity index (χ4n) is 7.76. The molecule has 1 aliphatic rings. The number of pyridine rings is 2. The summed E-state index contributed by atoms with van der Waals surface area (Å²) in [7, 11) is 4.61. The Kier molecular flexibility index (Phi) is 12.8. The molecule has 0 radical (unpaired) electrons. The summed E-state index contributed by atoms with van der Waals surface area (Å²) in [5.41, 5.74) is 11.9. The van der Waals surface area contributed by atoms with Crippen molar-refractivity contribution in [1.82, 2.24) is 9.97 Å². The molecule has 258 valence electrons. The van der Waals surface area contributed by atoms with Gasteiger partial charge in [-0.1, -0.05) is 130 Å². The van der Waals surface area contributed by atoms with E-state index in [4.69, 9.17) is 9.97 Å². The van der Waals surface area contributed by atoms with E-state index in [0.717, 1.165) is 33.6 Å². The quantitative estimate of drug-likeness (QED) is 0.0852. The number of unbranched alkanes of at least 4 members (excludes halogenated alkanes) is 6. The standard InChI is InChI=1S/C45H44BrN2.ClH.Pt/c1-3-5-7-14-24-45(25-15-8-6-4-2)40-26-34(20-22-38(40)39-23-21-37(46)30-41(39)45)36-28-42(32-16-10-9-11-17-32)48-44(29-36)43-27-33-18-12-13-19-35(33)31-47-43;;/h9-13,16,18-23,26-31H,3-8,14-15,24-25H2,1-2H3;1H;/q-1;;+2/p-1. The fourth-order valence-corrected chi connectivity index (χ4v) is 8.12. The Hall–Kier alpha value is -3.10. The van der Waals surface area contributed by atoms with Crippen LogP contribution in [0.15, 0.2) is 114 Å². The van der Waals surface area contributed by atoms with E-state index in [2.05, 4.69) is 136 Å². The van der Waals surface area contributed by atoms with E-state index in [-0.39, 0.29) is 5.41 Å². The van der Waals surface area contributed by atoms with Crippen LogP contribution < -0.4 is 0 Å². The molecule has 0 N–H and O–H groups in total. The Labute approximate surface area is 322 Å². The maximum absolute atomic E-state index is 5.17. The first-order valence-corrected chi connectivity index (χ1v) is 21.6.